The van der Waals surface area contributed by atoms with Crippen molar-refractivity contribution in [1.29, 1.82) is 0 Å². The highest BCUT2D eigenvalue weighted by Crippen LogP contribution is 2.38. The minimum absolute atomic E-state index is 0.0578. The van der Waals surface area contributed by atoms with E-state index in [1.54, 1.807) is 6.33 Å². The SMILES string of the molecule is O=C(Nc1nncn1C1CC1)C1CCOc2ccc(Br)cc21. The van der Waals surface area contributed by atoms with E-state index in [4.69, 9.17) is 4.74 Å². The molecule has 1 atom stereocenters. The fourth-order valence-corrected chi connectivity index (χ4v) is 3.17. The van der Waals surface area contributed by atoms with Gasteiger partial charge in [0.2, 0.25) is 11.9 Å². The van der Waals surface area contributed by atoms with Crippen LogP contribution in [-0.2, 0) is 4.79 Å². The molecule has 1 N–H and O–H groups in total. The molecule has 2 aliphatic rings. The molecule has 1 aliphatic carbocycles. The number of nitrogens with zero attached hydrogens (tertiary/aromatic N) is 3. The summed E-state index contributed by atoms with van der Waals surface area (Å²) in [6, 6.07) is 6.19. The minimum Gasteiger partial charge on any atom is -0.493 e. The van der Waals surface area contributed by atoms with Crippen LogP contribution in [0.3, 0.4) is 0 Å². The van der Waals surface area contributed by atoms with Gasteiger partial charge in [0.05, 0.1) is 12.5 Å². The topological polar surface area (TPSA) is 69.0 Å². The maximum Gasteiger partial charge on any atom is 0.234 e. The maximum absolute atomic E-state index is 12.7. The summed E-state index contributed by atoms with van der Waals surface area (Å²) in [6.07, 6.45) is 4.58. The van der Waals surface area contributed by atoms with E-state index >= 15 is 0 Å². The molecule has 4 rings (SSSR count). The van der Waals surface area contributed by atoms with E-state index in [0.717, 1.165) is 28.6 Å². The Morgan fingerprint density at radius 2 is 2.23 bits per heavy atom. The zero-order valence-electron chi connectivity index (χ0n) is 11.8. The number of amides is 1. The first-order valence-electron chi connectivity index (χ1n) is 7.35. The van der Waals surface area contributed by atoms with Crippen molar-refractivity contribution in [3.05, 3.63) is 34.6 Å². The van der Waals surface area contributed by atoms with Crippen molar-refractivity contribution < 1.29 is 9.53 Å². The maximum atomic E-state index is 12.7. The smallest absolute Gasteiger partial charge is 0.234 e. The number of rotatable bonds is 3. The summed E-state index contributed by atoms with van der Waals surface area (Å²) in [5, 5.41) is 10.9. The Kier molecular flexibility index (Phi) is 3.37. The van der Waals surface area contributed by atoms with Crippen molar-refractivity contribution in [1.82, 2.24) is 14.8 Å². The van der Waals surface area contributed by atoms with Crippen molar-refractivity contribution in [2.45, 2.75) is 31.2 Å². The molecule has 0 spiro atoms. The molecule has 7 heteroatoms. The van der Waals surface area contributed by atoms with Gasteiger partial charge in [-0.1, -0.05) is 15.9 Å². The molecule has 1 aliphatic heterocycles. The molecule has 22 heavy (non-hydrogen) atoms. The third-order valence-electron chi connectivity index (χ3n) is 4.08. The monoisotopic (exact) mass is 362 g/mol. The molecule has 1 unspecified atom stereocenters. The van der Waals surface area contributed by atoms with Crippen LogP contribution in [0.5, 0.6) is 5.75 Å². The largest absolute Gasteiger partial charge is 0.493 e. The standard InChI is InChI=1S/C15H15BrN4O2/c16-9-1-4-13-12(7-9)11(5-6-22-13)14(21)18-15-19-17-8-20(15)10-2-3-10/h1,4,7-8,10-11H,2-3,5-6H2,(H,18,19,21). The van der Waals surface area contributed by atoms with Gasteiger partial charge in [-0.25, -0.2) is 0 Å². The molecule has 0 bridgehead atoms. The van der Waals surface area contributed by atoms with Crippen LogP contribution in [0.15, 0.2) is 29.0 Å². The van der Waals surface area contributed by atoms with E-state index < -0.39 is 0 Å². The first-order valence-corrected chi connectivity index (χ1v) is 8.14. The number of ether oxygens (including phenoxy) is 1. The van der Waals surface area contributed by atoms with Gasteiger partial charge in [-0.3, -0.25) is 14.7 Å². The molecule has 0 radical (unpaired) electrons. The molecule has 1 aromatic heterocycles. The van der Waals surface area contributed by atoms with Gasteiger partial charge < -0.3 is 4.74 Å². The van der Waals surface area contributed by atoms with Crippen molar-refractivity contribution in [2.24, 2.45) is 0 Å². The van der Waals surface area contributed by atoms with Crippen LogP contribution in [-0.4, -0.2) is 27.3 Å². The van der Waals surface area contributed by atoms with Crippen molar-refractivity contribution in [3.63, 3.8) is 0 Å². The molecular weight excluding hydrogens is 348 g/mol. The summed E-state index contributed by atoms with van der Waals surface area (Å²) in [5.74, 6) is 1.02. The Morgan fingerprint density at radius 3 is 3.05 bits per heavy atom. The lowest BCUT2D eigenvalue weighted by Gasteiger charge is -2.25. The number of hydrogen-bond acceptors (Lipinski definition) is 4. The number of fused-ring (bicyclic) bond motifs is 1. The van der Waals surface area contributed by atoms with Crippen molar-refractivity contribution >= 4 is 27.8 Å². The van der Waals surface area contributed by atoms with Gasteiger partial charge in [-0.2, -0.15) is 0 Å². The number of carbonyl (C=O) groups is 1. The van der Waals surface area contributed by atoms with E-state index in [9.17, 15) is 4.79 Å². The molecule has 2 heterocycles. The average Bonchev–Trinajstić information content (AvgIpc) is 3.26. The number of benzene rings is 1. The lowest BCUT2D eigenvalue weighted by molar-refractivity contribution is -0.118. The van der Waals surface area contributed by atoms with Gasteiger partial charge in [0.25, 0.3) is 0 Å². The van der Waals surface area contributed by atoms with Gasteiger partial charge >= 0.3 is 0 Å². The number of hydrogen-bond donors (Lipinski definition) is 1. The second kappa shape index (κ2) is 5.39. The molecule has 1 fully saturated rings. The quantitative estimate of drug-likeness (QED) is 0.911. The predicted molar refractivity (Wildman–Crippen MR) is 83.9 cm³/mol. The van der Waals surface area contributed by atoms with E-state index in [1.165, 1.54) is 0 Å². The number of anilines is 1. The van der Waals surface area contributed by atoms with Gasteiger partial charge in [0.1, 0.15) is 12.1 Å². The van der Waals surface area contributed by atoms with Gasteiger partial charge in [-0.05, 0) is 37.5 Å². The molecular formula is C15H15BrN4O2. The van der Waals surface area contributed by atoms with Gasteiger partial charge in [-0.15, -0.1) is 10.2 Å². The summed E-state index contributed by atoms with van der Waals surface area (Å²) in [7, 11) is 0. The zero-order chi connectivity index (χ0) is 15.1. The lowest BCUT2D eigenvalue weighted by Crippen LogP contribution is -2.27. The highest BCUT2D eigenvalue weighted by atomic mass is 79.9. The third kappa shape index (κ3) is 2.49. The number of nitrogens with one attached hydrogen (secondary N) is 1. The van der Waals surface area contributed by atoms with Crippen LogP contribution in [0.25, 0.3) is 0 Å². The molecule has 6 nitrogen and oxygen atoms in total. The normalized spacial score (nSPS) is 20.1. The van der Waals surface area contributed by atoms with E-state index in [1.807, 2.05) is 22.8 Å². The fraction of sp³-hybridized carbons (Fsp3) is 0.400. The van der Waals surface area contributed by atoms with Crippen LogP contribution in [0.4, 0.5) is 5.95 Å². The summed E-state index contributed by atoms with van der Waals surface area (Å²) in [5.41, 5.74) is 0.913. The van der Waals surface area contributed by atoms with E-state index in [2.05, 4.69) is 31.4 Å². The van der Waals surface area contributed by atoms with Crippen LogP contribution in [0.1, 0.15) is 36.8 Å². The van der Waals surface area contributed by atoms with Gasteiger partial charge in [0.15, 0.2) is 0 Å². The van der Waals surface area contributed by atoms with E-state index in [0.29, 0.717) is 25.0 Å². The molecule has 0 saturated heterocycles. The third-order valence-corrected chi connectivity index (χ3v) is 4.57. The molecule has 2 aromatic rings. The number of halogens is 1. The first kappa shape index (κ1) is 13.8. The summed E-state index contributed by atoms with van der Waals surface area (Å²) in [4.78, 5) is 12.7. The second-order valence-electron chi connectivity index (χ2n) is 5.65. The van der Waals surface area contributed by atoms with Crippen LogP contribution < -0.4 is 10.1 Å². The number of aromatic nitrogens is 3. The summed E-state index contributed by atoms with van der Waals surface area (Å²) in [6.45, 7) is 0.544. The van der Waals surface area contributed by atoms with Crippen LogP contribution in [0.2, 0.25) is 0 Å². The van der Waals surface area contributed by atoms with E-state index in [-0.39, 0.29) is 11.8 Å². The Hall–Kier alpha value is -1.89. The van der Waals surface area contributed by atoms with Crippen molar-refractivity contribution in [2.75, 3.05) is 11.9 Å². The first-order chi connectivity index (χ1) is 10.7. The second-order valence-corrected chi connectivity index (χ2v) is 6.57. The Bertz CT molecular complexity index is 726. The average molecular weight is 363 g/mol. The molecule has 1 amide bonds. The van der Waals surface area contributed by atoms with Crippen molar-refractivity contribution in [3.8, 4) is 5.75 Å². The molecule has 1 aromatic carbocycles. The Morgan fingerprint density at radius 1 is 1.36 bits per heavy atom. The van der Waals surface area contributed by atoms with Crippen LogP contribution in [0, 0.1) is 0 Å². The Labute approximate surface area is 136 Å². The molecule has 114 valence electrons. The fourth-order valence-electron chi connectivity index (χ4n) is 2.79. The van der Waals surface area contributed by atoms with Gasteiger partial charge in [0, 0.05) is 16.1 Å². The highest BCUT2D eigenvalue weighted by Gasteiger charge is 2.31. The Balaban J connectivity index is 1.58. The zero-order valence-corrected chi connectivity index (χ0v) is 13.4. The number of carbonyl (C=O) groups excluding carboxylic acids is 1. The lowest BCUT2D eigenvalue weighted by atomic mass is 9.92. The molecule has 1 saturated carbocycles. The summed E-state index contributed by atoms with van der Waals surface area (Å²) < 4.78 is 8.52. The van der Waals surface area contributed by atoms with Crippen LogP contribution >= 0.6 is 15.9 Å². The minimum atomic E-state index is -0.231. The predicted octanol–water partition coefficient (Wildman–Crippen LogP) is 2.88. The summed E-state index contributed by atoms with van der Waals surface area (Å²) >= 11 is 3.45. The highest BCUT2D eigenvalue weighted by molar-refractivity contribution is 9.10.